The van der Waals surface area contributed by atoms with Crippen molar-refractivity contribution in [3.8, 4) is 0 Å². The number of benzene rings is 1. The second-order valence-electron chi connectivity index (χ2n) is 7.10. The molecule has 2 amide bonds. The number of nitrogens with one attached hydrogen (secondary N) is 2. The molecule has 1 aliphatic carbocycles. The van der Waals surface area contributed by atoms with Gasteiger partial charge < -0.3 is 10.6 Å². The van der Waals surface area contributed by atoms with Gasteiger partial charge in [-0.25, -0.2) is 0 Å². The molecule has 1 saturated heterocycles. The first-order valence-corrected chi connectivity index (χ1v) is 9.14. The van der Waals surface area contributed by atoms with Crippen molar-refractivity contribution in [3.05, 3.63) is 40.6 Å². The summed E-state index contributed by atoms with van der Waals surface area (Å²) in [6.07, 6.45) is 5.58. The van der Waals surface area contributed by atoms with Crippen LogP contribution in [0.25, 0.3) is 10.9 Å². The summed E-state index contributed by atoms with van der Waals surface area (Å²) in [6, 6.07) is 5.62. The molecule has 1 atom stereocenters. The number of hydrogen-bond acceptors (Lipinski definition) is 3. The van der Waals surface area contributed by atoms with Gasteiger partial charge in [0.1, 0.15) is 6.04 Å². The third-order valence-electron chi connectivity index (χ3n) is 5.23. The molecule has 0 radical (unpaired) electrons. The van der Waals surface area contributed by atoms with Crippen LogP contribution in [0, 0.1) is 6.92 Å². The molecular weight excluding hydrogens is 314 g/mol. The van der Waals surface area contributed by atoms with E-state index in [0.29, 0.717) is 13.0 Å². The van der Waals surface area contributed by atoms with Crippen LogP contribution in [0.2, 0.25) is 0 Å². The number of hydrogen-bond donors (Lipinski definition) is 2. The normalized spacial score (nSPS) is 20.0. The van der Waals surface area contributed by atoms with Gasteiger partial charge in [0.25, 0.3) is 5.91 Å². The van der Waals surface area contributed by atoms with Gasteiger partial charge in [0, 0.05) is 17.6 Å². The fraction of sp³-hybridized carbons (Fsp3) is 0.450. The molecule has 2 N–H and O–H groups in total. The van der Waals surface area contributed by atoms with Gasteiger partial charge in [-0.05, 0) is 63.1 Å². The minimum atomic E-state index is -0.437. The molecule has 130 valence electrons. The molecule has 0 spiro atoms. The SMILES string of the molecule is Cc1ccc2nc3c(c(C(=O)N[C@H]4CCCNC4=O)c2c1)CCCC3. The van der Waals surface area contributed by atoms with E-state index in [9.17, 15) is 9.59 Å². The number of piperidine rings is 1. The van der Waals surface area contributed by atoms with E-state index in [1.165, 1.54) is 0 Å². The molecule has 1 aromatic carbocycles. The molecule has 2 aromatic rings. The molecule has 2 aliphatic rings. The van der Waals surface area contributed by atoms with Gasteiger partial charge in [-0.15, -0.1) is 0 Å². The van der Waals surface area contributed by atoms with E-state index in [2.05, 4.69) is 10.6 Å². The van der Waals surface area contributed by atoms with E-state index in [4.69, 9.17) is 4.98 Å². The predicted molar refractivity (Wildman–Crippen MR) is 96.6 cm³/mol. The van der Waals surface area contributed by atoms with E-state index in [-0.39, 0.29) is 11.8 Å². The number of nitrogens with zero attached hydrogens (tertiary/aromatic N) is 1. The van der Waals surface area contributed by atoms with Crippen LogP contribution >= 0.6 is 0 Å². The van der Waals surface area contributed by atoms with Gasteiger partial charge >= 0.3 is 0 Å². The number of amides is 2. The van der Waals surface area contributed by atoms with Crippen LogP contribution in [-0.2, 0) is 17.6 Å². The quantitative estimate of drug-likeness (QED) is 0.884. The van der Waals surface area contributed by atoms with Crippen LogP contribution in [0.1, 0.15) is 52.9 Å². The smallest absolute Gasteiger partial charge is 0.252 e. The van der Waals surface area contributed by atoms with E-state index >= 15 is 0 Å². The highest BCUT2D eigenvalue weighted by Gasteiger charge is 2.28. The lowest BCUT2D eigenvalue weighted by atomic mass is 9.89. The van der Waals surface area contributed by atoms with Crippen LogP contribution in [0.3, 0.4) is 0 Å². The molecule has 0 bridgehead atoms. The number of aryl methyl sites for hydroxylation is 2. The molecule has 5 nitrogen and oxygen atoms in total. The maximum Gasteiger partial charge on any atom is 0.252 e. The second-order valence-corrected chi connectivity index (χ2v) is 7.10. The molecule has 2 heterocycles. The van der Waals surface area contributed by atoms with E-state index in [1.54, 1.807) is 0 Å². The van der Waals surface area contributed by atoms with Crippen molar-refractivity contribution in [2.75, 3.05) is 6.54 Å². The van der Waals surface area contributed by atoms with Crippen LogP contribution in [-0.4, -0.2) is 29.4 Å². The second kappa shape index (κ2) is 6.47. The summed E-state index contributed by atoms with van der Waals surface area (Å²) < 4.78 is 0. The van der Waals surface area contributed by atoms with Crippen LogP contribution in [0.4, 0.5) is 0 Å². The average Bonchev–Trinajstić information content (AvgIpc) is 2.61. The maximum atomic E-state index is 13.1. The zero-order chi connectivity index (χ0) is 17.4. The van der Waals surface area contributed by atoms with Crippen molar-refractivity contribution < 1.29 is 9.59 Å². The molecule has 4 rings (SSSR count). The van der Waals surface area contributed by atoms with E-state index in [0.717, 1.165) is 65.4 Å². The van der Waals surface area contributed by atoms with Gasteiger partial charge in [-0.2, -0.15) is 0 Å². The summed E-state index contributed by atoms with van der Waals surface area (Å²) in [5.74, 6) is -0.221. The van der Waals surface area contributed by atoms with Crippen molar-refractivity contribution in [3.63, 3.8) is 0 Å². The molecule has 1 aliphatic heterocycles. The molecule has 1 fully saturated rings. The Morgan fingerprint density at radius 3 is 2.92 bits per heavy atom. The molecule has 0 unspecified atom stereocenters. The van der Waals surface area contributed by atoms with Crippen LogP contribution < -0.4 is 10.6 Å². The third-order valence-corrected chi connectivity index (χ3v) is 5.23. The Hall–Kier alpha value is -2.43. The number of fused-ring (bicyclic) bond motifs is 2. The van der Waals surface area contributed by atoms with Crippen LogP contribution in [0.15, 0.2) is 18.2 Å². The lowest BCUT2D eigenvalue weighted by Gasteiger charge is -2.25. The Morgan fingerprint density at radius 2 is 2.08 bits per heavy atom. The first kappa shape index (κ1) is 16.1. The fourth-order valence-electron chi connectivity index (χ4n) is 3.94. The minimum absolute atomic E-state index is 0.0805. The average molecular weight is 337 g/mol. The number of carbonyl (C=O) groups excluding carboxylic acids is 2. The Morgan fingerprint density at radius 1 is 1.24 bits per heavy atom. The summed E-state index contributed by atoms with van der Waals surface area (Å²) >= 11 is 0. The first-order valence-electron chi connectivity index (χ1n) is 9.14. The minimum Gasteiger partial charge on any atom is -0.354 e. The van der Waals surface area contributed by atoms with Gasteiger partial charge in [0.15, 0.2) is 0 Å². The Balaban J connectivity index is 1.79. The lowest BCUT2D eigenvalue weighted by molar-refractivity contribution is -0.124. The van der Waals surface area contributed by atoms with E-state index < -0.39 is 6.04 Å². The third kappa shape index (κ3) is 2.99. The van der Waals surface area contributed by atoms with Crippen molar-refractivity contribution in [2.45, 2.75) is 51.5 Å². The summed E-state index contributed by atoms with van der Waals surface area (Å²) in [7, 11) is 0. The van der Waals surface area contributed by atoms with Gasteiger partial charge in [0.2, 0.25) is 5.91 Å². The number of pyridine rings is 1. The molecule has 25 heavy (non-hydrogen) atoms. The van der Waals surface area contributed by atoms with Gasteiger partial charge in [-0.1, -0.05) is 11.6 Å². The van der Waals surface area contributed by atoms with E-state index in [1.807, 2.05) is 25.1 Å². The first-order chi connectivity index (χ1) is 12.1. The topological polar surface area (TPSA) is 71.1 Å². The summed E-state index contributed by atoms with van der Waals surface area (Å²) in [5, 5.41) is 6.70. The molecule has 1 aromatic heterocycles. The Kier molecular flexibility index (Phi) is 4.15. The molecule has 5 heteroatoms. The van der Waals surface area contributed by atoms with Crippen molar-refractivity contribution in [2.24, 2.45) is 0 Å². The summed E-state index contributed by atoms with van der Waals surface area (Å²) in [4.78, 5) is 30.0. The number of carbonyl (C=O) groups is 2. The monoisotopic (exact) mass is 337 g/mol. The largest absolute Gasteiger partial charge is 0.354 e. The maximum absolute atomic E-state index is 13.1. The number of rotatable bonds is 2. The van der Waals surface area contributed by atoms with Crippen LogP contribution in [0.5, 0.6) is 0 Å². The van der Waals surface area contributed by atoms with Gasteiger partial charge in [0.05, 0.1) is 11.1 Å². The molecule has 0 saturated carbocycles. The highest BCUT2D eigenvalue weighted by Crippen LogP contribution is 2.30. The lowest BCUT2D eigenvalue weighted by Crippen LogP contribution is -2.50. The Labute approximate surface area is 147 Å². The highest BCUT2D eigenvalue weighted by molar-refractivity contribution is 6.09. The van der Waals surface area contributed by atoms with Crippen molar-refractivity contribution in [1.82, 2.24) is 15.6 Å². The van der Waals surface area contributed by atoms with Crippen molar-refractivity contribution >= 4 is 22.7 Å². The van der Waals surface area contributed by atoms with Gasteiger partial charge in [-0.3, -0.25) is 14.6 Å². The fourth-order valence-corrected chi connectivity index (χ4v) is 3.94. The Bertz CT molecular complexity index is 860. The standard InChI is InChI=1S/C20H23N3O2/c1-12-8-9-16-14(11-12)18(13-5-2-3-6-15(13)22-16)20(25)23-17-7-4-10-21-19(17)24/h8-9,11,17H,2-7,10H2,1H3,(H,21,24)(H,23,25)/t17-/m0/s1. The summed E-state index contributed by atoms with van der Waals surface area (Å²) in [5.41, 5.74) is 4.81. The van der Waals surface area contributed by atoms with Crippen molar-refractivity contribution in [1.29, 1.82) is 0 Å². The molecular formula is C20H23N3O2. The highest BCUT2D eigenvalue weighted by atomic mass is 16.2. The zero-order valence-electron chi connectivity index (χ0n) is 14.5. The predicted octanol–water partition coefficient (Wildman–Crippen LogP) is 2.43. The number of aromatic nitrogens is 1. The zero-order valence-corrected chi connectivity index (χ0v) is 14.5. The summed E-state index contributed by atoms with van der Waals surface area (Å²) in [6.45, 7) is 2.72.